The highest BCUT2D eigenvalue weighted by molar-refractivity contribution is 5.93. The van der Waals surface area contributed by atoms with Gasteiger partial charge in [-0.15, -0.1) is 0 Å². The number of piperidine rings is 1. The van der Waals surface area contributed by atoms with E-state index >= 15 is 0 Å². The molecular weight excluding hydrogens is 228 g/mol. The average molecular weight is 248 g/mol. The highest BCUT2D eigenvalue weighted by atomic mass is 16.7. The van der Waals surface area contributed by atoms with Crippen molar-refractivity contribution in [3.8, 4) is 0 Å². The first-order valence-corrected chi connectivity index (χ1v) is 6.41. The number of hydrogen-bond donors (Lipinski definition) is 2. The maximum absolute atomic E-state index is 11.9. The van der Waals surface area contributed by atoms with E-state index in [-0.39, 0.29) is 12.0 Å². The number of rotatable bonds is 3. The number of benzene rings is 1. The predicted octanol–water partition coefficient (Wildman–Crippen LogP) is 1.72. The summed E-state index contributed by atoms with van der Waals surface area (Å²) in [7, 11) is 0. The lowest BCUT2D eigenvalue weighted by atomic mass is 10.1. The van der Waals surface area contributed by atoms with Crippen molar-refractivity contribution in [3.63, 3.8) is 0 Å². The standard InChI is InChI=1S/C14H20N2O2/c1-10-5-6-12(8-11(10)2)14(17)16-18-13-4-3-7-15-9-13/h5-6,8,13,15H,3-4,7,9H2,1-2H3,(H,16,17). The number of amides is 1. The van der Waals surface area contributed by atoms with Crippen LogP contribution in [0.15, 0.2) is 18.2 Å². The Morgan fingerprint density at radius 3 is 2.89 bits per heavy atom. The Labute approximate surface area is 108 Å². The molecule has 2 N–H and O–H groups in total. The molecule has 1 unspecified atom stereocenters. The fourth-order valence-electron chi connectivity index (χ4n) is 2.00. The maximum atomic E-state index is 11.9. The molecule has 1 aliphatic heterocycles. The molecule has 18 heavy (non-hydrogen) atoms. The summed E-state index contributed by atoms with van der Waals surface area (Å²) in [6, 6.07) is 5.65. The van der Waals surface area contributed by atoms with Crippen LogP contribution in [0, 0.1) is 13.8 Å². The molecule has 0 saturated carbocycles. The van der Waals surface area contributed by atoms with Gasteiger partial charge in [-0.2, -0.15) is 0 Å². The topological polar surface area (TPSA) is 50.4 Å². The lowest BCUT2D eigenvalue weighted by Gasteiger charge is -2.22. The van der Waals surface area contributed by atoms with Gasteiger partial charge in [0.15, 0.2) is 0 Å². The zero-order valence-electron chi connectivity index (χ0n) is 11.0. The highest BCUT2D eigenvalue weighted by Crippen LogP contribution is 2.10. The smallest absolute Gasteiger partial charge is 0.274 e. The van der Waals surface area contributed by atoms with Crippen LogP contribution < -0.4 is 10.8 Å². The molecule has 1 aromatic carbocycles. The van der Waals surface area contributed by atoms with Gasteiger partial charge in [-0.25, -0.2) is 5.48 Å². The average Bonchev–Trinajstić information content (AvgIpc) is 2.40. The molecule has 1 aromatic rings. The van der Waals surface area contributed by atoms with Crippen LogP contribution in [0.3, 0.4) is 0 Å². The van der Waals surface area contributed by atoms with Crippen molar-refractivity contribution in [1.82, 2.24) is 10.8 Å². The number of hydrogen-bond acceptors (Lipinski definition) is 3. The quantitative estimate of drug-likeness (QED) is 0.801. The number of carbonyl (C=O) groups is 1. The summed E-state index contributed by atoms with van der Waals surface area (Å²) in [5.41, 5.74) is 5.47. The number of carbonyl (C=O) groups excluding carboxylic acids is 1. The number of nitrogens with one attached hydrogen (secondary N) is 2. The fraction of sp³-hybridized carbons (Fsp3) is 0.500. The summed E-state index contributed by atoms with van der Waals surface area (Å²) >= 11 is 0. The molecule has 0 aliphatic carbocycles. The fourth-order valence-corrected chi connectivity index (χ4v) is 2.00. The Kier molecular flexibility index (Phi) is 4.33. The van der Waals surface area contributed by atoms with Gasteiger partial charge >= 0.3 is 0 Å². The van der Waals surface area contributed by atoms with Crippen molar-refractivity contribution in [2.45, 2.75) is 32.8 Å². The van der Waals surface area contributed by atoms with E-state index in [1.165, 1.54) is 5.56 Å². The second-order valence-corrected chi connectivity index (χ2v) is 4.82. The van der Waals surface area contributed by atoms with E-state index in [0.29, 0.717) is 5.56 Å². The first kappa shape index (κ1) is 13.1. The van der Waals surface area contributed by atoms with Gasteiger partial charge in [-0.3, -0.25) is 9.63 Å². The summed E-state index contributed by atoms with van der Waals surface area (Å²) in [5, 5.41) is 3.24. The van der Waals surface area contributed by atoms with Gasteiger partial charge in [0.25, 0.3) is 5.91 Å². The summed E-state index contributed by atoms with van der Waals surface area (Å²) in [4.78, 5) is 17.3. The van der Waals surface area contributed by atoms with Crippen molar-refractivity contribution >= 4 is 5.91 Å². The lowest BCUT2D eigenvalue weighted by Crippen LogP contribution is -2.40. The van der Waals surface area contributed by atoms with Gasteiger partial charge in [0, 0.05) is 12.1 Å². The van der Waals surface area contributed by atoms with E-state index in [1.807, 2.05) is 32.0 Å². The Bertz CT molecular complexity index is 426. The van der Waals surface area contributed by atoms with Crippen LogP contribution >= 0.6 is 0 Å². The number of hydroxylamine groups is 1. The molecule has 0 spiro atoms. The molecule has 4 heteroatoms. The van der Waals surface area contributed by atoms with Crippen LogP contribution in [0.4, 0.5) is 0 Å². The summed E-state index contributed by atoms with van der Waals surface area (Å²) in [6.45, 7) is 5.86. The molecule has 1 fully saturated rings. The third-order valence-corrected chi connectivity index (χ3v) is 3.34. The van der Waals surface area contributed by atoms with E-state index in [4.69, 9.17) is 4.84 Å². The van der Waals surface area contributed by atoms with Gasteiger partial charge in [0.1, 0.15) is 0 Å². The molecule has 4 nitrogen and oxygen atoms in total. The van der Waals surface area contributed by atoms with Crippen molar-refractivity contribution < 1.29 is 9.63 Å². The largest absolute Gasteiger partial charge is 0.314 e. The van der Waals surface area contributed by atoms with Crippen LogP contribution in [0.1, 0.15) is 34.3 Å². The molecule has 98 valence electrons. The molecule has 1 atom stereocenters. The van der Waals surface area contributed by atoms with Gasteiger partial charge in [0.05, 0.1) is 6.10 Å². The minimum absolute atomic E-state index is 0.0780. The first-order valence-electron chi connectivity index (χ1n) is 6.41. The van der Waals surface area contributed by atoms with E-state index in [9.17, 15) is 4.79 Å². The Morgan fingerprint density at radius 2 is 2.22 bits per heavy atom. The molecule has 0 radical (unpaired) electrons. The number of aryl methyl sites for hydroxylation is 2. The van der Waals surface area contributed by atoms with Gasteiger partial charge < -0.3 is 5.32 Å². The highest BCUT2D eigenvalue weighted by Gasteiger charge is 2.15. The summed E-state index contributed by atoms with van der Waals surface area (Å²) in [5.74, 6) is -0.177. The van der Waals surface area contributed by atoms with Crippen molar-refractivity contribution in [3.05, 3.63) is 34.9 Å². The van der Waals surface area contributed by atoms with Crippen molar-refractivity contribution in [2.24, 2.45) is 0 Å². The Balaban J connectivity index is 1.88. The maximum Gasteiger partial charge on any atom is 0.274 e. The van der Waals surface area contributed by atoms with Crippen molar-refractivity contribution in [2.75, 3.05) is 13.1 Å². The molecule has 1 heterocycles. The van der Waals surface area contributed by atoms with E-state index in [2.05, 4.69) is 10.8 Å². The lowest BCUT2D eigenvalue weighted by molar-refractivity contribution is -0.0251. The minimum atomic E-state index is -0.177. The zero-order valence-corrected chi connectivity index (χ0v) is 11.0. The molecular formula is C14H20N2O2. The van der Waals surface area contributed by atoms with Crippen LogP contribution in [0.5, 0.6) is 0 Å². The summed E-state index contributed by atoms with van der Waals surface area (Å²) in [6.07, 6.45) is 2.15. The van der Waals surface area contributed by atoms with Crippen LogP contribution in [-0.4, -0.2) is 25.1 Å². The van der Waals surface area contributed by atoms with Crippen LogP contribution in [0.2, 0.25) is 0 Å². The molecule has 2 rings (SSSR count). The Hall–Kier alpha value is -1.39. The van der Waals surface area contributed by atoms with Gasteiger partial charge in [-0.1, -0.05) is 6.07 Å². The Morgan fingerprint density at radius 1 is 1.39 bits per heavy atom. The normalized spacial score (nSPS) is 19.6. The van der Waals surface area contributed by atoms with E-state index in [0.717, 1.165) is 31.5 Å². The minimum Gasteiger partial charge on any atom is -0.314 e. The molecule has 1 aliphatic rings. The SMILES string of the molecule is Cc1ccc(C(=O)NOC2CCCNC2)cc1C. The summed E-state index contributed by atoms with van der Waals surface area (Å²) < 4.78 is 0. The predicted molar refractivity (Wildman–Crippen MR) is 70.4 cm³/mol. The first-order chi connectivity index (χ1) is 8.66. The monoisotopic (exact) mass is 248 g/mol. The molecule has 0 aromatic heterocycles. The second-order valence-electron chi connectivity index (χ2n) is 4.82. The van der Waals surface area contributed by atoms with Crippen LogP contribution in [-0.2, 0) is 4.84 Å². The molecule has 0 bridgehead atoms. The van der Waals surface area contributed by atoms with E-state index in [1.54, 1.807) is 0 Å². The zero-order chi connectivity index (χ0) is 13.0. The second kappa shape index (κ2) is 5.98. The third kappa shape index (κ3) is 3.31. The van der Waals surface area contributed by atoms with Crippen molar-refractivity contribution in [1.29, 1.82) is 0 Å². The van der Waals surface area contributed by atoms with Crippen LogP contribution in [0.25, 0.3) is 0 Å². The van der Waals surface area contributed by atoms with Gasteiger partial charge in [-0.05, 0) is 56.5 Å². The van der Waals surface area contributed by atoms with E-state index < -0.39 is 0 Å². The molecule has 1 saturated heterocycles. The van der Waals surface area contributed by atoms with Gasteiger partial charge in [0.2, 0.25) is 0 Å². The third-order valence-electron chi connectivity index (χ3n) is 3.34. The molecule has 1 amide bonds.